The molecule has 4 N–H and O–H groups in total. The van der Waals surface area contributed by atoms with Crippen molar-refractivity contribution >= 4 is 34.1 Å². The van der Waals surface area contributed by atoms with Gasteiger partial charge < -0.3 is 10.4 Å². The fourth-order valence-corrected chi connectivity index (χ4v) is 5.75. The third kappa shape index (κ3) is 4.45. The molecule has 3 aromatic rings. The first-order chi connectivity index (χ1) is 15.8. The summed E-state index contributed by atoms with van der Waals surface area (Å²) in [7, 11) is -3.77. The minimum atomic E-state index is -3.77. The Morgan fingerprint density at radius 1 is 0.909 bits per heavy atom. The van der Waals surface area contributed by atoms with Gasteiger partial charge in [-0.3, -0.25) is 13.4 Å². The van der Waals surface area contributed by atoms with Gasteiger partial charge in [-0.15, -0.1) is 0 Å². The Hall–Kier alpha value is -3.34. The van der Waals surface area contributed by atoms with Crippen LogP contribution in [0.1, 0.15) is 17.9 Å². The molecule has 1 aliphatic heterocycles. The highest BCUT2D eigenvalue weighted by molar-refractivity contribution is 8.27. The van der Waals surface area contributed by atoms with Crippen molar-refractivity contribution in [2.75, 3.05) is 21.7 Å². The molecule has 4 rings (SSSR count). The van der Waals surface area contributed by atoms with Crippen LogP contribution in [0, 0.1) is 11.6 Å². The monoisotopic (exact) mass is 475 g/mol. The molecule has 0 saturated carbocycles. The molecule has 1 unspecified atom stereocenters. The van der Waals surface area contributed by atoms with Crippen LogP contribution in [0.5, 0.6) is 0 Å². The SMILES string of the molecule is O=C(O)NCC(CCN1c2ccccc2N(c2cccc(F)c2F)S1(O)O)c1ccccc1. The summed E-state index contributed by atoms with van der Waals surface area (Å²) in [5, 5.41) is 11.4. The van der Waals surface area contributed by atoms with E-state index in [2.05, 4.69) is 5.32 Å². The summed E-state index contributed by atoms with van der Waals surface area (Å²) >= 11 is 0. The average Bonchev–Trinajstić information content (AvgIpc) is 3.02. The van der Waals surface area contributed by atoms with E-state index in [-0.39, 0.29) is 24.7 Å². The molecule has 0 fully saturated rings. The number of carbonyl (C=O) groups is 1. The molecule has 7 nitrogen and oxygen atoms in total. The second kappa shape index (κ2) is 9.26. The third-order valence-corrected chi connectivity index (χ3v) is 7.37. The number of nitrogens with zero attached hydrogens (tertiary/aromatic N) is 2. The number of hydrogen-bond donors (Lipinski definition) is 4. The Balaban J connectivity index is 1.66. The Labute approximate surface area is 191 Å². The van der Waals surface area contributed by atoms with Gasteiger partial charge in [0.25, 0.3) is 0 Å². The van der Waals surface area contributed by atoms with Crippen LogP contribution in [-0.2, 0) is 0 Å². The maximum absolute atomic E-state index is 14.6. The number of benzene rings is 3. The van der Waals surface area contributed by atoms with E-state index in [4.69, 9.17) is 5.11 Å². The van der Waals surface area contributed by atoms with Crippen LogP contribution in [0.4, 0.5) is 30.6 Å². The first-order valence-corrected chi connectivity index (χ1v) is 11.7. The Bertz CT molecular complexity index is 1150. The van der Waals surface area contributed by atoms with Crippen molar-refractivity contribution in [2.45, 2.75) is 12.3 Å². The molecule has 1 amide bonds. The number of para-hydroxylation sites is 2. The lowest BCUT2D eigenvalue weighted by molar-refractivity contribution is 0.193. The summed E-state index contributed by atoms with van der Waals surface area (Å²) < 4.78 is 53.3. The van der Waals surface area contributed by atoms with Crippen molar-refractivity contribution in [3.8, 4) is 0 Å². The zero-order valence-electron chi connectivity index (χ0n) is 17.4. The number of hydrogen-bond acceptors (Lipinski definition) is 5. The highest BCUT2D eigenvalue weighted by atomic mass is 32.3. The molecule has 3 aromatic carbocycles. The van der Waals surface area contributed by atoms with E-state index in [0.717, 1.165) is 15.9 Å². The number of halogens is 2. The Kier molecular flexibility index (Phi) is 6.41. The molecule has 33 heavy (non-hydrogen) atoms. The zero-order chi connectivity index (χ0) is 23.6. The Morgan fingerprint density at radius 3 is 2.24 bits per heavy atom. The Morgan fingerprint density at radius 2 is 1.55 bits per heavy atom. The maximum atomic E-state index is 14.6. The van der Waals surface area contributed by atoms with Crippen LogP contribution in [0.3, 0.4) is 0 Å². The number of carboxylic acid groups (broad SMARTS) is 1. The lowest BCUT2D eigenvalue weighted by atomic mass is 9.95. The van der Waals surface area contributed by atoms with Gasteiger partial charge in [0.05, 0.1) is 11.4 Å². The smallest absolute Gasteiger partial charge is 0.404 e. The highest BCUT2D eigenvalue weighted by Crippen LogP contribution is 2.64. The van der Waals surface area contributed by atoms with Gasteiger partial charge in [0.15, 0.2) is 11.6 Å². The standard InChI is InChI=1S/C23H23F2N3O4S/c24-18-9-6-12-21(22(18)25)28-20-11-5-4-10-19(20)27(33(28,31)32)14-13-17(15-26-23(29)30)16-7-2-1-3-8-16/h1-12,17,26,31-32H,13-15H2,(H,29,30). The predicted molar refractivity (Wildman–Crippen MR) is 125 cm³/mol. The average molecular weight is 476 g/mol. The summed E-state index contributed by atoms with van der Waals surface area (Å²) in [6.45, 7) is 0.268. The molecule has 0 radical (unpaired) electrons. The number of nitrogens with one attached hydrogen (secondary N) is 1. The summed E-state index contributed by atoms with van der Waals surface area (Å²) in [5.74, 6) is -2.52. The fourth-order valence-electron chi connectivity index (χ4n) is 3.96. The molecule has 174 valence electrons. The van der Waals surface area contributed by atoms with Crippen LogP contribution in [0.25, 0.3) is 0 Å². The molecule has 1 aliphatic rings. The summed E-state index contributed by atoms with van der Waals surface area (Å²) in [5.41, 5.74) is 1.40. The number of anilines is 3. The van der Waals surface area contributed by atoms with Crippen molar-refractivity contribution in [3.63, 3.8) is 0 Å². The van der Waals surface area contributed by atoms with Crippen molar-refractivity contribution in [1.82, 2.24) is 5.32 Å². The van der Waals surface area contributed by atoms with Crippen LogP contribution in [-0.4, -0.2) is 33.4 Å². The van der Waals surface area contributed by atoms with Crippen molar-refractivity contribution in [2.24, 2.45) is 0 Å². The van der Waals surface area contributed by atoms with Gasteiger partial charge >= 0.3 is 6.09 Å². The van der Waals surface area contributed by atoms with Gasteiger partial charge in [0, 0.05) is 19.0 Å². The molecule has 0 saturated heterocycles. The van der Waals surface area contributed by atoms with Crippen LogP contribution >= 0.6 is 11.0 Å². The molecule has 0 aliphatic carbocycles. The lowest BCUT2D eigenvalue weighted by Gasteiger charge is -2.44. The molecule has 0 spiro atoms. The second-order valence-electron chi connectivity index (χ2n) is 7.53. The van der Waals surface area contributed by atoms with Gasteiger partial charge in [-0.1, -0.05) is 48.5 Å². The summed E-state index contributed by atoms with van der Waals surface area (Å²) in [4.78, 5) is 11.1. The molecular weight excluding hydrogens is 452 g/mol. The van der Waals surface area contributed by atoms with E-state index in [1.807, 2.05) is 30.3 Å². The van der Waals surface area contributed by atoms with Gasteiger partial charge in [0.2, 0.25) is 0 Å². The predicted octanol–water partition coefficient (Wildman–Crippen LogP) is 5.95. The molecule has 1 heterocycles. The molecule has 10 heteroatoms. The normalized spacial score (nSPS) is 16.2. The zero-order valence-corrected chi connectivity index (χ0v) is 18.3. The quantitative estimate of drug-likeness (QED) is 0.338. The molecular formula is C23H23F2N3O4S. The van der Waals surface area contributed by atoms with Gasteiger partial charge in [-0.25, -0.2) is 17.9 Å². The van der Waals surface area contributed by atoms with E-state index >= 15 is 0 Å². The number of amides is 1. The van der Waals surface area contributed by atoms with Gasteiger partial charge in [-0.05, 0) is 47.2 Å². The molecule has 1 atom stereocenters. The van der Waals surface area contributed by atoms with Crippen LogP contribution in [0.2, 0.25) is 0 Å². The van der Waals surface area contributed by atoms with Crippen molar-refractivity contribution in [3.05, 3.63) is 90.0 Å². The number of fused-ring (bicyclic) bond motifs is 1. The lowest BCUT2D eigenvalue weighted by Crippen LogP contribution is -2.34. The van der Waals surface area contributed by atoms with E-state index < -0.39 is 28.7 Å². The number of rotatable bonds is 7. The first kappa shape index (κ1) is 22.8. The van der Waals surface area contributed by atoms with Crippen LogP contribution < -0.4 is 13.9 Å². The topological polar surface area (TPSA) is 96.3 Å². The molecule has 0 bridgehead atoms. The minimum Gasteiger partial charge on any atom is -0.465 e. The largest absolute Gasteiger partial charge is 0.465 e. The van der Waals surface area contributed by atoms with E-state index in [9.17, 15) is 22.7 Å². The van der Waals surface area contributed by atoms with Crippen LogP contribution in [0.15, 0.2) is 72.8 Å². The third-order valence-electron chi connectivity index (χ3n) is 5.51. The summed E-state index contributed by atoms with van der Waals surface area (Å²) in [6.07, 6.45) is -0.784. The highest BCUT2D eigenvalue weighted by Gasteiger charge is 2.43. The van der Waals surface area contributed by atoms with E-state index in [0.29, 0.717) is 17.8 Å². The summed E-state index contributed by atoms with van der Waals surface area (Å²) in [6, 6.07) is 19.5. The van der Waals surface area contributed by atoms with Gasteiger partial charge in [-0.2, -0.15) is 0 Å². The van der Waals surface area contributed by atoms with Crippen molar-refractivity contribution < 1.29 is 27.8 Å². The van der Waals surface area contributed by atoms with Crippen molar-refractivity contribution in [1.29, 1.82) is 0 Å². The molecule has 0 aromatic heterocycles. The second-order valence-corrected chi connectivity index (χ2v) is 9.32. The fraction of sp³-hybridized carbons (Fsp3) is 0.174. The first-order valence-electron chi connectivity index (χ1n) is 10.2. The van der Waals surface area contributed by atoms with E-state index in [1.165, 1.54) is 16.4 Å². The minimum absolute atomic E-state index is 0.133. The van der Waals surface area contributed by atoms with Gasteiger partial charge in [0.1, 0.15) is 5.69 Å². The maximum Gasteiger partial charge on any atom is 0.404 e. The van der Waals surface area contributed by atoms with E-state index in [1.54, 1.807) is 24.3 Å².